The first-order chi connectivity index (χ1) is 13.6. The van der Waals surface area contributed by atoms with Crippen molar-refractivity contribution in [1.82, 2.24) is 10.3 Å². The van der Waals surface area contributed by atoms with Gasteiger partial charge in [-0.05, 0) is 36.8 Å². The number of carbonyl (C=O) groups is 1. The molecule has 0 saturated carbocycles. The standard InChI is InChI=1S/C21H20ClN3O3/c1-28-19-7-6-13(22)10-18(19)25-9-8-14(12-25)24-21(27)16-11-23-17-5-3-2-4-15(17)20(16)26/h2-7,10-11,14H,8-9,12H2,1H3,(H,23,26)(H,24,27). The number of ether oxygens (including phenoxy) is 1. The summed E-state index contributed by atoms with van der Waals surface area (Å²) in [5.74, 6) is 0.374. The minimum Gasteiger partial charge on any atom is -0.495 e. The predicted molar refractivity (Wildman–Crippen MR) is 111 cm³/mol. The van der Waals surface area contributed by atoms with Crippen molar-refractivity contribution in [3.05, 3.63) is 69.5 Å². The van der Waals surface area contributed by atoms with Gasteiger partial charge in [0.25, 0.3) is 5.91 Å². The summed E-state index contributed by atoms with van der Waals surface area (Å²) in [6.45, 7) is 1.38. The lowest BCUT2D eigenvalue weighted by Crippen LogP contribution is -2.39. The van der Waals surface area contributed by atoms with Gasteiger partial charge in [0.05, 0.1) is 12.8 Å². The highest BCUT2D eigenvalue weighted by atomic mass is 35.5. The van der Waals surface area contributed by atoms with E-state index in [4.69, 9.17) is 16.3 Å². The number of nitrogens with zero attached hydrogens (tertiary/aromatic N) is 1. The minimum absolute atomic E-state index is 0.0675. The van der Waals surface area contributed by atoms with Gasteiger partial charge in [-0.1, -0.05) is 23.7 Å². The number of aromatic nitrogens is 1. The van der Waals surface area contributed by atoms with E-state index >= 15 is 0 Å². The van der Waals surface area contributed by atoms with Crippen LogP contribution < -0.4 is 20.4 Å². The molecule has 2 aromatic carbocycles. The van der Waals surface area contributed by atoms with Crippen LogP contribution in [0, 0.1) is 0 Å². The Morgan fingerprint density at radius 3 is 2.93 bits per heavy atom. The van der Waals surface area contributed by atoms with Crippen molar-refractivity contribution in [2.75, 3.05) is 25.1 Å². The molecule has 144 valence electrons. The number of halogens is 1. The molecular formula is C21H20ClN3O3. The Bertz CT molecular complexity index is 1100. The second kappa shape index (κ2) is 7.56. The van der Waals surface area contributed by atoms with Gasteiger partial charge < -0.3 is 19.9 Å². The monoisotopic (exact) mass is 397 g/mol. The van der Waals surface area contributed by atoms with E-state index < -0.39 is 0 Å². The van der Waals surface area contributed by atoms with E-state index in [1.165, 1.54) is 6.20 Å². The molecule has 1 aliphatic rings. The van der Waals surface area contributed by atoms with Crippen LogP contribution >= 0.6 is 11.6 Å². The second-order valence-electron chi connectivity index (χ2n) is 6.80. The number of aromatic amines is 1. The van der Waals surface area contributed by atoms with Crippen LogP contribution in [-0.4, -0.2) is 37.1 Å². The van der Waals surface area contributed by atoms with E-state index in [-0.39, 0.29) is 22.9 Å². The first-order valence-electron chi connectivity index (χ1n) is 9.06. The lowest BCUT2D eigenvalue weighted by Gasteiger charge is -2.21. The average Bonchev–Trinajstić information content (AvgIpc) is 3.16. The quantitative estimate of drug-likeness (QED) is 0.709. The van der Waals surface area contributed by atoms with Crippen molar-refractivity contribution < 1.29 is 9.53 Å². The van der Waals surface area contributed by atoms with E-state index in [2.05, 4.69) is 15.2 Å². The molecule has 0 radical (unpaired) electrons. The molecule has 0 spiro atoms. The molecule has 0 aliphatic carbocycles. The summed E-state index contributed by atoms with van der Waals surface area (Å²) in [5.41, 5.74) is 1.47. The highest BCUT2D eigenvalue weighted by Crippen LogP contribution is 2.33. The van der Waals surface area contributed by atoms with E-state index in [0.717, 1.165) is 24.4 Å². The Hall–Kier alpha value is -2.99. The van der Waals surface area contributed by atoms with Crippen LogP contribution in [0.25, 0.3) is 10.9 Å². The third-order valence-electron chi connectivity index (χ3n) is 5.04. The van der Waals surface area contributed by atoms with E-state index in [1.807, 2.05) is 24.3 Å². The molecule has 1 saturated heterocycles. The highest BCUT2D eigenvalue weighted by Gasteiger charge is 2.27. The molecule has 28 heavy (non-hydrogen) atoms. The molecule has 7 heteroatoms. The largest absolute Gasteiger partial charge is 0.495 e. The third kappa shape index (κ3) is 3.43. The maximum Gasteiger partial charge on any atom is 0.257 e. The molecule has 1 amide bonds. The first-order valence-corrected chi connectivity index (χ1v) is 9.44. The summed E-state index contributed by atoms with van der Waals surface area (Å²) in [7, 11) is 1.62. The van der Waals surface area contributed by atoms with Crippen molar-refractivity contribution in [2.45, 2.75) is 12.5 Å². The smallest absolute Gasteiger partial charge is 0.257 e. The fraction of sp³-hybridized carbons (Fsp3) is 0.238. The average molecular weight is 398 g/mol. The number of pyridine rings is 1. The summed E-state index contributed by atoms with van der Waals surface area (Å²) in [4.78, 5) is 30.5. The lowest BCUT2D eigenvalue weighted by molar-refractivity contribution is 0.0939. The molecule has 3 aromatic rings. The van der Waals surface area contributed by atoms with Crippen molar-refractivity contribution in [1.29, 1.82) is 0 Å². The summed E-state index contributed by atoms with van der Waals surface area (Å²) in [6, 6.07) is 12.6. The van der Waals surface area contributed by atoms with Crippen LogP contribution in [0.1, 0.15) is 16.8 Å². The predicted octanol–water partition coefficient (Wildman–Crippen LogP) is 3.20. The van der Waals surface area contributed by atoms with Gasteiger partial charge in [0, 0.05) is 41.3 Å². The van der Waals surface area contributed by atoms with Gasteiger partial charge in [-0.3, -0.25) is 9.59 Å². The summed E-state index contributed by atoms with van der Waals surface area (Å²) in [5, 5.41) is 4.12. The number of benzene rings is 2. The molecule has 2 heterocycles. The molecule has 2 N–H and O–H groups in total. The van der Waals surface area contributed by atoms with Crippen LogP contribution in [0.15, 0.2) is 53.5 Å². The number of carbonyl (C=O) groups excluding carboxylic acids is 1. The maximum atomic E-state index is 12.7. The van der Waals surface area contributed by atoms with Gasteiger partial charge in [-0.2, -0.15) is 0 Å². The first kappa shape index (κ1) is 18.4. The van der Waals surface area contributed by atoms with E-state index in [1.54, 1.807) is 25.3 Å². The molecular weight excluding hydrogens is 378 g/mol. The Morgan fingerprint density at radius 1 is 1.29 bits per heavy atom. The van der Waals surface area contributed by atoms with Gasteiger partial charge >= 0.3 is 0 Å². The zero-order valence-electron chi connectivity index (χ0n) is 15.4. The van der Waals surface area contributed by atoms with Crippen molar-refractivity contribution >= 4 is 34.1 Å². The van der Waals surface area contributed by atoms with Gasteiger partial charge in [-0.25, -0.2) is 0 Å². The number of hydrogen-bond donors (Lipinski definition) is 2. The zero-order valence-corrected chi connectivity index (χ0v) is 16.1. The fourth-order valence-corrected chi connectivity index (χ4v) is 3.77. The van der Waals surface area contributed by atoms with E-state index in [9.17, 15) is 9.59 Å². The lowest BCUT2D eigenvalue weighted by atomic mass is 10.1. The minimum atomic E-state index is -0.364. The second-order valence-corrected chi connectivity index (χ2v) is 7.23. The number of anilines is 1. The molecule has 0 bridgehead atoms. The Kier molecular flexibility index (Phi) is 4.96. The van der Waals surface area contributed by atoms with Gasteiger partial charge in [0.1, 0.15) is 11.3 Å². The van der Waals surface area contributed by atoms with Crippen molar-refractivity contribution in [2.24, 2.45) is 0 Å². The third-order valence-corrected chi connectivity index (χ3v) is 5.27. The fourth-order valence-electron chi connectivity index (χ4n) is 3.61. The number of para-hydroxylation sites is 1. The van der Waals surface area contributed by atoms with E-state index in [0.29, 0.717) is 22.5 Å². The SMILES string of the molecule is COc1ccc(Cl)cc1N1CCC(NC(=O)c2c[nH]c3ccccc3c2=O)C1. The summed E-state index contributed by atoms with van der Waals surface area (Å²) < 4.78 is 5.42. The number of H-pyrrole nitrogens is 1. The Labute approximate surface area is 167 Å². The molecule has 1 aliphatic heterocycles. The van der Waals surface area contributed by atoms with Crippen LogP contribution in [0.4, 0.5) is 5.69 Å². The molecule has 6 nitrogen and oxygen atoms in total. The number of nitrogens with one attached hydrogen (secondary N) is 2. The topological polar surface area (TPSA) is 74.4 Å². The van der Waals surface area contributed by atoms with Crippen molar-refractivity contribution in [3.63, 3.8) is 0 Å². The zero-order chi connectivity index (χ0) is 19.7. The highest BCUT2D eigenvalue weighted by molar-refractivity contribution is 6.31. The Morgan fingerprint density at radius 2 is 2.11 bits per heavy atom. The van der Waals surface area contributed by atoms with Crippen LogP contribution in [0.2, 0.25) is 5.02 Å². The van der Waals surface area contributed by atoms with Crippen LogP contribution in [-0.2, 0) is 0 Å². The molecule has 1 fully saturated rings. The van der Waals surface area contributed by atoms with Crippen LogP contribution in [0.5, 0.6) is 5.75 Å². The maximum absolute atomic E-state index is 12.7. The molecule has 4 rings (SSSR count). The summed E-state index contributed by atoms with van der Waals surface area (Å²) >= 11 is 6.13. The van der Waals surface area contributed by atoms with Crippen molar-refractivity contribution in [3.8, 4) is 5.75 Å². The number of hydrogen-bond acceptors (Lipinski definition) is 4. The normalized spacial score (nSPS) is 16.4. The molecule has 1 unspecified atom stereocenters. The van der Waals surface area contributed by atoms with Gasteiger partial charge in [0.2, 0.25) is 5.43 Å². The number of fused-ring (bicyclic) bond motifs is 1. The molecule has 1 aromatic heterocycles. The summed E-state index contributed by atoms with van der Waals surface area (Å²) in [6.07, 6.45) is 2.25. The number of rotatable bonds is 4. The molecule has 1 atom stereocenters. The van der Waals surface area contributed by atoms with Gasteiger partial charge in [0.15, 0.2) is 0 Å². The Balaban J connectivity index is 1.51. The number of amides is 1. The number of methoxy groups -OCH3 is 1. The van der Waals surface area contributed by atoms with Crippen LogP contribution in [0.3, 0.4) is 0 Å². The van der Waals surface area contributed by atoms with Gasteiger partial charge in [-0.15, -0.1) is 0 Å².